The molecule has 2 fully saturated rings. The van der Waals surface area contributed by atoms with Crippen LogP contribution >= 0.6 is 0 Å². The summed E-state index contributed by atoms with van der Waals surface area (Å²) in [6.07, 6.45) is 8.71. The number of nitrogens with one attached hydrogen (secondary N) is 1. The van der Waals surface area contributed by atoms with Gasteiger partial charge in [0.2, 0.25) is 0 Å². The molecule has 0 bridgehead atoms. The molecule has 0 radical (unpaired) electrons. The van der Waals surface area contributed by atoms with Crippen molar-refractivity contribution in [3.05, 3.63) is 0 Å². The van der Waals surface area contributed by atoms with Crippen LogP contribution in [-0.2, 0) is 0 Å². The fourth-order valence-electron chi connectivity index (χ4n) is 3.51. The highest BCUT2D eigenvalue weighted by molar-refractivity contribution is 5.74. The lowest BCUT2D eigenvalue weighted by atomic mass is 9.83. The summed E-state index contributed by atoms with van der Waals surface area (Å²) >= 11 is 0. The molecule has 3 unspecified atom stereocenters. The van der Waals surface area contributed by atoms with Crippen LogP contribution in [0.4, 0.5) is 4.79 Å². The Morgan fingerprint density at radius 1 is 1.22 bits per heavy atom. The third-order valence-electron chi connectivity index (χ3n) is 4.69. The van der Waals surface area contributed by atoms with E-state index in [9.17, 15) is 4.79 Å². The lowest BCUT2D eigenvalue weighted by Gasteiger charge is -2.36. The molecule has 0 aromatic rings. The fraction of sp³-hybridized carbons (Fsp3) is 0.933. The number of hydrogen-bond donors (Lipinski definition) is 1. The van der Waals surface area contributed by atoms with E-state index in [2.05, 4.69) is 19.2 Å². The molecule has 1 N–H and O–H groups in total. The zero-order chi connectivity index (χ0) is 13.0. The van der Waals surface area contributed by atoms with Gasteiger partial charge in [-0.1, -0.05) is 33.1 Å². The minimum Gasteiger partial charge on any atom is -0.335 e. The number of piperidine rings is 1. The van der Waals surface area contributed by atoms with Crippen LogP contribution in [0.25, 0.3) is 0 Å². The van der Waals surface area contributed by atoms with Crippen LogP contribution in [0, 0.1) is 11.8 Å². The van der Waals surface area contributed by atoms with Crippen molar-refractivity contribution in [2.24, 2.45) is 11.8 Å². The Kier molecular flexibility index (Phi) is 4.90. The largest absolute Gasteiger partial charge is 0.335 e. The van der Waals surface area contributed by atoms with Crippen molar-refractivity contribution in [3.63, 3.8) is 0 Å². The van der Waals surface area contributed by atoms with Crippen molar-refractivity contribution in [1.82, 2.24) is 10.2 Å². The SMILES string of the molecule is CCC1CCCCC1NC(=O)N1CCCC(C)C1. The van der Waals surface area contributed by atoms with Gasteiger partial charge in [-0.25, -0.2) is 4.79 Å². The zero-order valence-corrected chi connectivity index (χ0v) is 12.0. The van der Waals surface area contributed by atoms with Gasteiger partial charge in [0.25, 0.3) is 0 Å². The molecule has 18 heavy (non-hydrogen) atoms. The van der Waals surface area contributed by atoms with Crippen LogP contribution in [0.5, 0.6) is 0 Å². The number of urea groups is 1. The van der Waals surface area contributed by atoms with E-state index in [1.165, 1.54) is 38.5 Å². The Hall–Kier alpha value is -0.730. The van der Waals surface area contributed by atoms with Crippen molar-refractivity contribution in [1.29, 1.82) is 0 Å². The molecule has 2 amide bonds. The lowest BCUT2D eigenvalue weighted by molar-refractivity contribution is 0.156. The maximum Gasteiger partial charge on any atom is 0.317 e. The van der Waals surface area contributed by atoms with E-state index in [1.807, 2.05) is 4.90 Å². The van der Waals surface area contributed by atoms with Gasteiger partial charge in [-0.15, -0.1) is 0 Å². The van der Waals surface area contributed by atoms with E-state index in [4.69, 9.17) is 0 Å². The predicted octanol–water partition coefficient (Wildman–Crippen LogP) is 3.40. The molecule has 2 rings (SSSR count). The number of carbonyl (C=O) groups excluding carboxylic acids is 1. The quantitative estimate of drug-likeness (QED) is 0.802. The first-order valence-electron chi connectivity index (χ1n) is 7.76. The van der Waals surface area contributed by atoms with E-state index in [0.717, 1.165) is 19.5 Å². The summed E-state index contributed by atoms with van der Waals surface area (Å²) < 4.78 is 0. The summed E-state index contributed by atoms with van der Waals surface area (Å²) in [4.78, 5) is 14.3. The van der Waals surface area contributed by atoms with Crippen LogP contribution in [0.1, 0.15) is 58.8 Å². The predicted molar refractivity (Wildman–Crippen MR) is 74.5 cm³/mol. The summed E-state index contributed by atoms with van der Waals surface area (Å²) in [5.74, 6) is 1.36. The molecule has 0 aromatic heterocycles. The number of likely N-dealkylation sites (tertiary alicyclic amines) is 1. The minimum atomic E-state index is 0.187. The van der Waals surface area contributed by atoms with Gasteiger partial charge < -0.3 is 10.2 Å². The summed E-state index contributed by atoms with van der Waals surface area (Å²) in [7, 11) is 0. The highest BCUT2D eigenvalue weighted by Crippen LogP contribution is 2.27. The molecule has 3 atom stereocenters. The monoisotopic (exact) mass is 252 g/mol. The smallest absolute Gasteiger partial charge is 0.317 e. The van der Waals surface area contributed by atoms with E-state index < -0.39 is 0 Å². The second-order valence-electron chi connectivity index (χ2n) is 6.20. The number of hydrogen-bond acceptors (Lipinski definition) is 1. The van der Waals surface area contributed by atoms with Crippen LogP contribution in [-0.4, -0.2) is 30.1 Å². The third kappa shape index (κ3) is 3.39. The van der Waals surface area contributed by atoms with E-state index in [1.54, 1.807) is 0 Å². The van der Waals surface area contributed by atoms with Gasteiger partial charge in [0.05, 0.1) is 0 Å². The summed E-state index contributed by atoms with van der Waals surface area (Å²) in [5.41, 5.74) is 0. The van der Waals surface area contributed by atoms with Gasteiger partial charge in [-0.3, -0.25) is 0 Å². The Balaban J connectivity index is 1.85. The van der Waals surface area contributed by atoms with Crippen LogP contribution in [0.2, 0.25) is 0 Å². The van der Waals surface area contributed by atoms with Crippen molar-refractivity contribution in [2.75, 3.05) is 13.1 Å². The Bertz CT molecular complexity index is 280. The maximum absolute atomic E-state index is 12.3. The molecule has 2 aliphatic rings. The molecule has 3 heteroatoms. The average molecular weight is 252 g/mol. The Morgan fingerprint density at radius 3 is 2.72 bits per heavy atom. The highest BCUT2D eigenvalue weighted by Gasteiger charge is 2.28. The second-order valence-corrected chi connectivity index (χ2v) is 6.20. The van der Waals surface area contributed by atoms with Gasteiger partial charge in [-0.05, 0) is 37.5 Å². The zero-order valence-electron chi connectivity index (χ0n) is 12.0. The summed E-state index contributed by atoms with van der Waals surface area (Å²) in [6, 6.07) is 0.611. The maximum atomic E-state index is 12.3. The summed E-state index contributed by atoms with van der Waals surface area (Å²) in [5, 5.41) is 3.30. The van der Waals surface area contributed by atoms with E-state index in [0.29, 0.717) is 17.9 Å². The highest BCUT2D eigenvalue weighted by atomic mass is 16.2. The Morgan fingerprint density at radius 2 is 2.00 bits per heavy atom. The molecule has 104 valence electrons. The second kappa shape index (κ2) is 6.44. The van der Waals surface area contributed by atoms with Crippen molar-refractivity contribution >= 4 is 6.03 Å². The molecule has 1 heterocycles. The molecule has 3 nitrogen and oxygen atoms in total. The van der Waals surface area contributed by atoms with Crippen LogP contribution in [0.15, 0.2) is 0 Å². The summed E-state index contributed by atoms with van der Waals surface area (Å²) in [6.45, 7) is 6.38. The molecule has 1 aliphatic heterocycles. The number of amides is 2. The molecular weight excluding hydrogens is 224 g/mol. The molecule has 0 aromatic carbocycles. The third-order valence-corrected chi connectivity index (χ3v) is 4.69. The lowest BCUT2D eigenvalue weighted by Crippen LogP contribution is -2.50. The molecule has 1 aliphatic carbocycles. The van der Waals surface area contributed by atoms with Crippen molar-refractivity contribution in [2.45, 2.75) is 64.8 Å². The fourth-order valence-corrected chi connectivity index (χ4v) is 3.51. The van der Waals surface area contributed by atoms with Crippen LogP contribution < -0.4 is 5.32 Å². The van der Waals surface area contributed by atoms with Crippen molar-refractivity contribution in [3.8, 4) is 0 Å². The van der Waals surface area contributed by atoms with Crippen molar-refractivity contribution < 1.29 is 4.79 Å². The topological polar surface area (TPSA) is 32.3 Å². The molecule has 1 saturated carbocycles. The minimum absolute atomic E-state index is 0.187. The van der Waals surface area contributed by atoms with Gasteiger partial charge in [0.1, 0.15) is 0 Å². The molecule has 1 saturated heterocycles. The number of carbonyl (C=O) groups is 1. The van der Waals surface area contributed by atoms with Gasteiger partial charge in [-0.2, -0.15) is 0 Å². The first kappa shape index (κ1) is 13.7. The average Bonchev–Trinajstić information content (AvgIpc) is 2.39. The van der Waals surface area contributed by atoms with Gasteiger partial charge in [0.15, 0.2) is 0 Å². The van der Waals surface area contributed by atoms with Gasteiger partial charge >= 0.3 is 6.03 Å². The first-order chi connectivity index (χ1) is 8.70. The van der Waals surface area contributed by atoms with Crippen LogP contribution in [0.3, 0.4) is 0 Å². The van der Waals surface area contributed by atoms with Gasteiger partial charge in [0, 0.05) is 19.1 Å². The first-order valence-corrected chi connectivity index (χ1v) is 7.76. The molecule has 0 spiro atoms. The number of rotatable bonds is 2. The Labute approximate surface area is 111 Å². The number of nitrogens with zero attached hydrogens (tertiary/aromatic N) is 1. The standard InChI is InChI=1S/C15H28N2O/c1-3-13-8-4-5-9-14(13)16-15(18)17-10-6-7-12(2)11-17/h12-14H,3-11H2,1-2H3,(H,16,18). The normalized spacial score (nSPS) is 33.2. The molecular formula is C15H28N2O. The van der Waals surface area contributed by atoms with E-state index in [-0.39, 0.29) is 6.03 Å². The van der Waals surface area contributed by atoms with E-state index >= 15 is 0 Å².